The van der Waals surface area contributed by atoms with Crippen LogP contribution in [0.25, 0.3) is 16.3 Å². The molecule has 0 bridgehead atoms. The number of halogens is 1. The van der Waals surface area contributed by atoms with Crippen LogP contribution >= 0.6 is 22.9 Å². The second-order valence-corrected chi connectivity index (χ2v) is 8.32. The molecule has 2 heterocycles. The number of anilines is 1. The summed E-state index contributed by atoms with van der Waals surface area (Å²) in [6.45, 7) is 1.11. The van der Waals surface area contributed by atoms with Gasteiger partial charge in [0.15, 0.2) is 5.13 Å². The van der Waals surface area contributed by atoms with Gasteiger partial charge >= 0.3 is 0 Å². The highest BCUT2D eigenvalue weighted by molar-refractivity contribution is 7.22. The second kappa shape index (κ2) is 8.91. The lowest BCUT2D eigenvalue weighted by Crippen LogP contribution is -2.36. The first kappa shape index (κ1) is 20.5. The molecular formula is C21H18ClN3O4S. The molecule has 1 aliphatic heterocycles. The average molecular weight is 444 g/mol. The minimum absolute atomic E-state index is 0.00613. The molecule has 1 unspecified atom stereocenters. The van der Waals surface area contributed by atoms with Crippen LogP contribution in [0.2, 0.25) is 5.02 Å². The zero-order valence-electron chi connectivity index (χ0n) is 15.9. The summed E-state index contributed by atoms with van der Waals surface area (Å²) in [4.78, 5) is 29.6. The Hall–Kier alpha value is -2.81. The van der Waals surface area contributed by atoms with Crippen LogP contribution < -0.4 is 4.90 Å². The Labute approximate surface area is 181 Å². The quantitative estimate of drug-likeness (QED) is 0.301. The van der Waals surface area contributed by atoms with Crippen LogP contribution in [-0.2, 0) is 9.53 Å². The van der Waals surface area contributed by atoms with E-state index in [2.05, 4.69) is 4.98 Å². The number of thiazole rings is 1. The van der Waals surface area contributed by atoms with Crippen LogP contribution in [-0.4, -0.2) is 35.1 Å². The van der Waals surface area contributed by atoms with Crippen molar-refractivity contribution in [3.05, 3.63) is 69.2 Å². The summed E-state index contributed by atoms with van der Waals surface area (Å²) in [6, 6.07) is 11.5. The molecule has 0 spiro atoms. The van der Waals surface area contributed by atoms with Gasteiger partial charge in [0.2, 0.25) is 0 Å². The van der Waals surface area contributed by atoms with E-state index in [-0.39, 0.29) is 17.7 Å². The highest BCUT2D eigenvalue weighted by atomic mass is 35.5. The van der Waals surface area contributed by atoms with Crippen molar-refractivity contribution in [2.24, 2.45) is 0 Å². The maximum Gasteiger partial charge on any atom is 0.269 e. The number of amides is 1. The van der Waals surface area contributed by atoms with Gasteiger partial charge in [0.05, 0.1) is 27.8 Å². The Kier molecular flexibility index (Phi) is 6.08. The number of nitro groups is 1. The van der Waals surface area contributed by atoms with Gasteiger partial charge in [-0.25, -0.2) is 4.98 Å². The number of ether oxygens (including phenoxy) is 1. The number of fused-ring (bicyclic) bond motifs is 1. The number of carbonyl (C=O) groups is 1. The molecule has 0 radical (unpaired) electrons. The molecule has 9 heteroatoms. The third-order valence-corrected chi connectivity index (χ3v) is 6.04. The molecule has 1 amide bonds. The van der Waals surface area contributed by atoms with Crippen LogP contribution in [0.15, 0.2) is 48.5 Å². The molecule has 0 aliphatic carbocycles. The van der Waals surface area contributed by atoms with Crippen molar-refractivity contribution in [3.63, 3.8) is 0 Å². The van der Waals surface area contributed by atoms with Crippen molar-refractivity contribution < 1.29 is 14.5 Å². The monoisotopic (exact) mass is 443 g/mol. The van der Waals surface area contributed by atoms with Crippen LogP contribution in [0.5, 0.6) is 0 Å². The standard InChI is InChI=1S/C21H18ClN3O4S/c22-15-6-9-18-19(12-15)30-21(23-18)24(13-17-2-1-11-29-17)20(26)10-5-14-3-7-16(8-4-14)25(27)28/h3-10,12,17H,1-2,11,13H2/b10-5-. The van der Waals surface area contributed by atoms with Crippen molar-refractivity contribution >= 4 is 56.0 Å². The molecule has 7 nitrogen and oxygen atoms in total. The van der Waals surface area contributed by atoms with Crippen LogP contribution in [0.3, 0.4) is 0 Å². The topological polar surface area (TPSA) is 85.6 Å². The van der Waals surface area contributed by atoms with Gasteiger partial charge in [0.25, 0.3) is 11.6 Å². The molecule has 1 aliphatic rings. The third kappa shape index (κ3) is 4.67. The van der Waals surface area contributed by atoms with Crippen LogP contribution in [0, 0.1) is 10.1 Å². The second-order valence-electron chi connectivity index (χ2n) is 6.87. The lowest BCUT2D eigenvalue weighted by atomic mass is 10.2. The number of nitrogens with zero attached hydrogens (tertiary/aromatic N) is 3. The van der Waals surface area contributed by atoms with Crippen molar-refractivity contribution in [3.8, 4) is 0 Å². The zero-order chi connectivity index (χ0) is 21.1. The summed E-state index contributed by atoms with van der Waals surface area (Å²) >= 11 is 7.48. The normalized spacial score (nSPS) is 16.4. The highest BCUT2D eigenvalue weighted by Crippen LogP contribution is 2.32. The van der Waals surface area contributed by atoms with E-state index in [4.69, 9.17) is 16.3 Å². The number of nitro benzene ring substituents is 1. The van der Waals surface area contributed by atoms with Gasteiger partial charge in [0, 0.05) is 29.8 Å². The summed E-state index contributed by atoms with van der Waals surface area (Å²) in [5, 5.41) is 12.0. The number of hydrogen-bond donors (Lipinski definition) is 0. The van der Waals surface area contributed by atoms with Crippen molar-refractivity contribution in [1.29, 1.82) is 0 Å². The molecule has 1 aromatic heterocycles. The number of rotatable bonds is 6. The third-order valence-electron chi connectivity index (χ3n) is 4.77. The Morgan fingerprint density at radius 1 is 1.33 bits per heavy atom. The molecular weight excluding hydrogens is 426 g/mol. The van der Waals surface area contributed by atoms with Crippen molar-refractivity contribution in [2.45, 2.75) is 18.9 Å². The molecule has 1 fully saturated rings. The van der Waals surface area contributed by atoms with Crippen molar-refractivity contribution in [1.82, 2.24) is 4.98 Å². The van der Waals surface area contributed by atoms with Gasteiger partial charge < -0.3 is 4.74 Å². The molecule has 30 heavy (non-hydrogen) atoms. The molecule has 0 saturated carbocycles. The molecule has 1 atom stereocenters. The smallest absolute Gasteiger partial charge is 0.269 e. The summed E-state index contributed by atoms with van der Waals surface area (Å²) in [5.41, 5.74) is 1.48. The van der Waals surface area contributed by atoms with E-state index in [1.54, 1.807) is 29.2 Å². The van der Waals surface area contributed by atoms with Gasteiger partial charge in [-0.05, 0) is 54.8 Å². The molecule has 154 valence electrons. The fraction of sp³-hybridized carbons (Fsp3) is 0.238. The van der Waals surface area contributed by atoms with E-state index >= 15 is 0 Å². The van der Waals surface area contributed by atoms with E-state index in [1.807, 2.05) is 12.1 Å². The molecule has 1 saturated heterocycles. The summed E-state index contributed by atoms with van der Waals surface area (Å²) in [7, 11) is 0. The maximum absolute atomic E-state index is 13.0. The maximum atomic E-state index is 13.0. The minimum Gasteiger partial charge on any atom is -0.376 e. The fourth-order valence-electron chi connectivity index (χ4n) is 3.22. The zero-order valence-corrected chi connectivity index (χ0v) is 17.4. The predicted octanol–water partition coefficient (Wildman–Crippen LogP) is 5.08. The van der Waals surface area contributed by atoms with E-state index in [0.717, 1.165) is 23.1 Å². The van der Waals surface area contributed by atoms with Crippen molar-refractivity contribution in [2.75, 3.05) is 18.1 Å². The molecule has 0 N–H and O–H groups in total. The number of carbonyl (C=O) groups excluding carboxylic acids is 1. The van der Waals surface area contributed by atoms with Gasteiger partial charge in [-0.2, -0.15) is 0 Å². The van der Waals surface area contributed by atoms with E-state index in [0.29, 0.717) is 28.9 Å². The summed E-state index contributed by atoms with van der Waals surface area (Å²) < 4.78 is 6.63. The van der Waals surface area contributed by atoms with E-state index in [9.17, 15) is 14.9 Å². The first-order valence-corrected chi connectivity index (χ1v) is 10.6. The molecule has 2 aromatic carbocycles. The van der Waals surface area contributed by atoms with E-state index in [1.165, 1.54) is 29.5 Å². The van der Waals surface area contributed by atoms with Gasteiger partial charge in [-0.1, -0.05) is 22.9 Å². The lowest BCUT2D eigenvalue weighted by Gasteiger charge is -2.21. The summed E-state index contributed by atoms with van der Waals surface area (Å²) in [6.07, 6.45) is 4.93. The first-order valence-electron chi connectivity index (χ1n) is 9.41. The SMILES string of the molecule is O=C(/C=C\c1ccc([N+](=O)[O-])cc1)N(CC1CCCO1)c1nc2ccc(Cl)cc2s1. The van der Waals surface area contributed by atoms with Gasteiger partial charge in [-0.15, -0.1) is 0 Å². The van der Waals surface area contributed by atoms with Crippen LogP contribution in [0.1, 0.15) is 18.4 Å². The number of benzene rings is 2. The molecule has 3 aromatic rings. The number of hydrogen-bond acceptors (Lipinski definition) is 6. The highest BCUT2D eigenvalue weighted by Gasteiger charge is 2.25. The Morgan fingerprint density at radius 2 is 2.13 bits per heavy atom. The van der Waals surface area contributed by atoms with Crippen LogP contribution in [0.4, 0.5) is 10.8 Å². The van der Waals surface area contributed by atoms with Gasteiger partial charge in [-0.3, -0.25) is 19.8 Å². The largest absolute Gasteiger partial charge is 0.376 e. The summed E-state index contributed by atoms with van der Waals surface area (Å²) in [5.74, 6) is -0.228. The lowest BCUT2D eigenvalue weighted by molar-refractivity contribution is -0.384. The Bertz CT molecular complexity index is 1110. The predicted molar refractivity (Wildman–Crippen MR) is 118 cm³/mol. The minimum atomic E-state index is -0.457. The number of non-ortho nitro benzene ring substituents is 1. The first-order chi connectivity index (χ1) is 14.5. The Balaban J connectivity index is 1.59. The number of aromatic nitrogens is 1. The van der Waals surface area contributed by atoms with Gasteiger partial charge in [0.1, 0.15) is 0 Å². The Morgan fingerprint density at radius 3 is 2.83 bits per heavy atom. The fourth-order valence-corrected chi connectivity index (χ4v) is 4.48. The molecule has 4 rings (SSSR count). The average Bonchev–Trinajstić information content (AvgIpc) is 3.39. The van der Waals surface area contributed by atoms with E-state index < -0.39 is 4.92 Å².